The minimum atomic E-state index is -4.37. The first kappa shape index (κ1) is 22.2. The number of thioether (sulfide) groups is 1. The van der Waals surface area contributed by atoms with Crippen LogP contribution in [0.1, 0.15) is 11.1 Å². The van der Waals surface area contributed by atoms with Gasteiger partial charge in [0, 0.05) is 37.6 Å². The van der Waals surface area contributed by atoms with Crippen molar-refractivity contribution in [3.05, 3.63) is 66.0 Å². The first-order valence-corrected chi connectivity index (χ1v) is 11.1. The third kappa shape index (κ3) is 5.07. The fourth-order valence-corrected chi connectivity index (χ4v) is 4.35. The van der Waals surface area contributed by atoms with E-state index in [0.717, 1.165) is 23.4 Å². The van der Waals surface area contributed by atoms with Gasteiger partial charge in [-0.05, 0) is 37.3 Å². The number of piperazine rings is 1. The molecule has 2 heterocycles. The Balaban J connectivity index is 1.32. The molecule has 0 bridgehead atoms. The molecule has 2 aromatic carbocycles. The van der Waals surface area contributed by atoms with Crippen molar-refractivity contribution in [2.75, 3.05) is 36.8 Å². The Hall–Kier alpha value is -3.01. The lowest BCUT2D eigenvalue weighted by Gasteiger charge is -2.36. The quantitative estimate of drug-likeness (QED) is 0.537. The van der Waals surface area contributed by atoms with Gasteiger partial charge in [-0.15, -0.1) is 10.2 Å². The third-order valence-corrected chi connectivity index (χ3v) is 6.25. The number of hydrogen-bond donors (Lipinski definition) is 0. The summed E-state index contributed by atoms with van der Waals surface area (Å²) in [6, 6.07) is 13.2. The van der Waals surface area contributed by atoms with Crippen LogP contribution in [0.2, 0.25) is 0 Å². The molecule has 0 atom stereocenters. The molecule has 1 aliphatic rings. The van der Waals surface area contributed by atoms with Gasteiger partial charge in [-0.2, -0.15) is 13.2 Å². The number of anilines is 1. The number of hydrogen-bond acceptors (Lipinski definition) is 5. The highest BCUT2D eigenvalue weighted by atomic mass is 32.2. The van der Waals surface area contributed by atoms with Gasteiger partial charge in [0.25, 0.3) is 0 Å². The van der Waals surface area contributed by atoms with Gasteiger partial charge >= 0.3 is 6.18 Å². The summed E-state index contributed by atoms with van der Waals surface area (Å²) in [5.74, 6) is 0.186. The molecule has 4 rings (SSSR count). The van der Waals surface area contributed by atoms with Crippen molar-refractivity contribution in [2.24, 2.45) is 0 Å². The SMILES string of the molecule is Cc1ccc(-n2cnnc2SCC(=O)N2CCN(c3cccc(C(F)(F)F)c3)CC2)cc1. The summed E-state index contributed by atoms with van der Waals surface area (Å²) < 4.78 is 40.8. The van der Waals surface area contributed by atoms with Crippen LogP contribution >= 0.6 is 11.8 Å². The van der Waals surface area contributed by atoms with E-state index in [1.165, 1.54) is 17.8 Å². The number of halogens is 3. The number of aryl methyl sites for hydroxylation is 1. The van der Waals surface area contributed by atoms with Gasteiger partial charge in [0.15, 0.2) is 5.16 Å². The second-order valence-corrected chi connectivity index (χ2v) is 8.47. The van der Waals surface area contributed by atoms with E-state index in [9.17, 15) is 18.0 Å². The van der Waals surface area contributed by atoms with Crippen molar-refractivity contribution in [2.45, 2.75) is 18.3 Å². The highest BCUT2D eigenvalue weighted by Crippen LogP contribution is 2.32. The lowest BCUT2D eigenvalue weighted by molar-refractivity contribution is -0.137. The summed E-state index contributed by atoms with van der Waals surface area (Å²) in [5.41, 5.74) is 1.93. The van der Waals surface area contributed by atoms with Gasteiger partial charge in [0.05, 0.1) is 11.3 Å². The number of amides is 1. The van der Waals surface area contributed by atoms with Crippen LogP contribution in [0.15, 0.2) is 60.0 Å². The Bertz CT molecular complexity index is 1080. The van der Waals surface area contributed by atoms with E-state index < -0.39 is 11.7 Å². The molecule has 0 saturated carbocycles. The van der Waals surface area contributed by atoms with Crippen LogP contribution in [0.4, 0.5) is 18.9 Å². The summed E-state index contributed by atoms with van der Waals surface area (Å²) in [7, 11) is 0. The van der Waals surface area contributed by atoms with Crippen molar-refractivity contribution in [3.8, 4) is 5.69 Å². The van der Waals surface area contributed by atoms with Gasteiger partial charge in [-0.3, -0.25) is 9.36 Å². The number of carbonyl (C=O) groups is 1. The van der Waals surface area contributed by atoms with Crippen LogP contribution in [0.25, 0.3) is 5.69 Å². The predicted octanol–water partition coefficient (Wildman–Crippen LogP) is 4.04. The van der Waals surface area contributed by atoms with E-state index in [1.54, 1.807) is 17.3 Å². The van der Waals surface area contributed by atoms with Crippen LogP contribution in [-0.4, -0.2) is 57.5 Å². The molecule has 0 aliphatic carbocycles. The van der Waals surface area contributed by atoms with Gasteiger partial charge in [0.1, 0.15) is 6.33 Å². The van der Waals surface area contributed by atoms with E-state index >= 15 is 0 Å². The first-order chi connectivity index (χ1) is 15.3. The lowest BCUT2D eigenvalue weighted by Crippen LogP contribution is -2.49. The summed E-state index contributed by atoms with van der Waals surface area (Å²) in [6.07, 6.45) is -2.75. The molecule has 1 aliphatic heterocycles. The monoisotopic (exact) mass is 461 g/mol. The van der Waals surface area contributed by atoms with E-state index in [0.29, 0.717) is 37.0 Å². The molecule has 6 nitrogen and oxygen atoms in total. The number of carbonyl (C=O) groups excluding carboxylic acids is 1. The summed E-state index contributed by atoms with van der Waals surface area (Å²) in [4.78, 5) is 16.3. The molecule has 168 valence electrons. The second-order valence-electron chi connectivity index (χ2n) is 7.52. The number of nitrogens with zero attached hydrogens (tertiary/aromatic N) is 5. The van der Waals surface area contributed by atoms with Crippen LogP contribution in [0.5, 0.6) is 0 Å². The highest BCUT2D eigenvalue weighted by Gasteiger charge is 2.31. The molecule has 10 heteroatoms. The van der Waals surface area contributed by atoms with Crippen molar-refractivity contribution < 1.29 is 18.0 Å². The van der Waals surface area contributed by atoms with Gasteiger partial charge in [-0.1, -0.05) is 35.5 Å². The van der Waals surface area contributed by atoms with Gasteiger partial charge in [0.2, 0.25) is 5.91 Å². The summed E-state index contributed by atoms with van der Waals surface area (Å²) >= 11 is 1.32. The molecular formula is C22H22F3N5OS. The zero-order valence-electron chi connectivity index (χ0n) is 17.4. The first-order valence-electron chi connectivity index (χ1n) is 10.1. The maximum atomic E-state index is 13.0. The Kier molecular flexibility index (Phi) is 6.40. The molecule has 0 unspecified atom stereocenters. The molecule has 1 amide bonds. The maximum Gasteiger partial charge on any atom is 0.416 e. The van der Waals surface area contributed by atoms with Crippen LogP contribution in [0.3, 0.4) is 0 Å². The van der Waals surface area contributed by atoms with Crippen molar-refractivity contribution >= 4 is 23.4 Å². The second kappa shape index (κ2) is 9.23. The lowest BCUT2D eigenvalue weighted by atomic mass is 10.1. The normalized spacial score (nSPS) is 14.6. The fraction of sp³-hybridized carbons (Fsp3) is 0.318. The molecule has 1 fully saturated rings. The standard InChI is InChI=1S/C22H22F3N5OS/c1-16-5-7-18(8-6-16)30-15-26-27-21(30)32-14-20(31)29-11-9-28(10-12-29)19-4-2-3-17(13-19)22(23,24)25/h2-8,13,15H,9-12,14H2,1H3. The third-order valence-electron chi connectivity index (χ3n) is 5.32. The summed E-state index contributed by atoms with van der Waals surface area (Å²) in [6.45, 7) is 3.89. The van der Waals surface area contributed by atoms with E-state index in [1.807, 2.05) is 40.7 Å². The Labute approximate surface area is 188 Å². The largest absolute Gasteiger partial charge is 0.416 e. The Morgan fingerprint density at radius 2 is 1.75 bits per heavy atom. The zero-order valence-corrected chi connectivity index (χ0v) is 18.2. The molecule has 0 N–H and O–H groups in total. The molecule has 1 aromatic heterocycles. The molecular weight excluding hydrogens is 439 g/mol. The summed E-state index contributed by atoms with van der Waals surface area (Å²) in [5, 5.41) is 8.71. The minimum absolute atomic E-state index is 0.0304. The topological polar surface area (TPSA) is 54.3 Å². The molecule has 0 radical (unpaired) electrons. The van der Waals surface area contributed by atoms with E-state index in [2.05, 4.69) is 10.2 Å². The average molecular weight is 462 g/mol. The number of rotatable bonds is 5. The van der Waals surface area contributed by atoms with Crippen molar-refractivity contribution in [3.63, 3.8) is 0 Å². The van der Waals surface area contributed by atoms with Gasteiger partial charge < -0.3 is 9.80 Å². The number of aromatic nitrogens is 3. The maximum absolute atomic E-state index is 13.0. The molecule has 0 spiro atoms. The average Bonchev–Trinajstić information content (AvgIpc) is 3.26. The van der Waals surface area contributed by atoms with Crippen molar-refractivity contribution in [1.29, 1.82) is 0 Å². The number of benzene rings is 2. The zero-order chi connectivity index (χ0) is 22.7. The van der Waals surface area contributed by atoms with Crippen molar-refractivity contribution in [1.82, 2.24) is 19.7 Å². The van der Waals surface area contributed by atoms with E-state index in [4.69, 9.17) is 0 Å². The minimum Gasteiger partial charge on any atom is -0.368 e. The van der Waals surface area contributed by atoms with E-state index in [-0.39, 0.29) is 11.7 Å². The molecule has 3 aromatic rings. The molecule has 32 heavy (non-hydrogen) atoms. The highest BCUT2D eigenvalue weighted by molar-refractivity contribution is 7.99. The van der Waals surface area contributed by atoms with Gasteiger partial charge in [-0.25, -0.2) is 0 Å². The molecule has 1 saturated heterocycles. The fourth-order valence-electron chi connectivity index (χ4n) is 3.52. The number of alkyl halides is 3. The predicted molar refractivity (Wildman–Crippen MR) is 117 cm³/mol. The van der Waals surface area contributed by atoms with Crippen LogP contribution < -0.4 is 4.90 Å². The van der Waals surface area contributed by atoms with Crippen LogP contribution in [-0.2, 0) is 11.0 Å². The Morgan fingerprint density at radius 1 is 1.03 bits per heavy atom. The Morgan fingerprint density at radius 3 is 2.44 bits per heavy atom. The van der Waals surface area contributed by atoms with Crippen LogP contribution in [0, 0.1) is 6.92 Å². The smallest absolute Gasteiger partial charge is 0.368 e.